The highest BCUT2D eigenvalue weighted by atomic mass is 16.1. The van der Waals surface area contributed by atoms with Gasteiger partial charge in [0, 0.05) is 7.05 Å². The molecule has 0 saturated carbocycles. The average Bonchev–Trinajstić information content (AvgIpc) is 3.12. The third kappa shape index (κ3) is 2.51. The Hall–Kier alpha value is -3.29. The van der Waals surface area contributed by atoms with E-state index in [2.05, 4.69) is 25.3 Å². The van der Waals surface area contributed by atoms with E-state index in [0.717, 1.165) is 11.9 Å². The Labute approximate surface area is 143 Å². The van der Waals surface area contributed by atoms with E-state index in [1.54, 1.807) is 24.0 Å². The molecule has 0 fully saturated rings. The maximum atomic E-state index is 12.6. The highest BCUT2D eigenvalue weighted by Gasteiger charge is 2.19. The minimum atomic E-state index is -0.177. The molecule has 8 nitrogen and oxygen atoms in total. The number of benzene rings is 1. The van der Waals surface area contributed by atoms with E-state index < -0.39 is 0 Å². The Morgan fingerprint density at radius 2 is 2.08 bits per heavy atom. The predicted molar refractivity (Wildman–Crippen MR) is 95.3 cm³/mol. The van der Waals surface area contributed by atoms with Crippen molar-refractivity contribution in [1.82, 2.24) is 29.5 Å². The lowest BCUT2D eigenvalue weighted by Gasteiger charge is -2.20. The third-order valence-electron chi connectivity index (χ3n) is 4.27. The number of hydrogen-bond acceptors (Lipinski definition) is 6. The molecule has 0 bridgehead atoms. The molecule has 3 aromatic heterocycles. The molecule has 0 saturated heterocycles. The van der Waals surface area contributed by atoms with Crippen LogP contribution < -0.4 is 10.9 Å². The molecule has 25 heavy (non-hydrogen) atoms. The number of hydrogen-bond donors (Lipinski definition) is 2. The van der Waals surface area contributed by atoms with Crippen LogP contribution in [0.2, 0.25) is 0 Å². The predicted octanol–water partition coefficient (Wildman–Crippen LogP) is 2.16. The van der Waals surface area contributed by atoms with Crippen LogP contribution in [0.5, 0.6) is 0 Å². The minimum absolute atomic E-state index is 0.0600. The summed E-state index contributed by atoms with van der Waals surface area (Å²) in [5.74, 6) is 1.30. The molecule has 1 atom stereocenters. The van der Waals surface area contributed by atoms with Crippen molar-refractivity contribution < 1.29 is 0 Å². The van der Waals surface area contributed by atoms with Gasteiger partial charge in [0.05, 0.1) is 23.3 Å². The molecular weight excluding hydrogens is 318 g/mol. The highest BCUT2D eigenvalue weighted by molar-refractivity contribution is 5.82. The van der Waals surface area contributed by atoms with Gasteiger partial charge >= 0.3 is 0 Å². The number of nitrogens with one attached hydrogen (secondary N) is 2. The smallest absolute Gasteiger partial charge is 0.261 e. The van der Waals surface area contributed by atoms with Gasteiger partial charge in [-0.3, -0.25) is 9.36 Å². The second-order valence-electron chi connectivity index (χ2n) is 5.78. The molecule has 2 N–H and O–H groups in total. The van der Waals surface area contributed by atoms with Gasteiger partial charge in [-0.1, -0.05) is 19.1 Å². The minimum Gasteiger partial charge on any atom is -0.358 e. The average molecular weight is 335 g/mol. The zero-order chi connectivity index (χ0) is 17.4. The molecule has 0 radical (unpaired) electrons. The van der Waals surface area contributed by atoms with Gasteiger partial charge in [0.25, 0.3) is 5.56 Å². The Kier molecular flexibility index (Phi) is 3.64. The Bertz CT molecular complexity index is 1110. The van der Waals surface area contributed by atoms with Crippen molar-refractivity contribution in [3.63, 3.8) is 0 Å². The molecule has 0 aliphatic carbocycles. The van der Waals surface area contributed by atoms with Crippen LogP contribution in [0.15, 0.2) is 41.7 Å². The van der Waals surface area contributed by atoms with E-state index in [1.807, 2.05) is 25.1 Å². The first-order valence-corrected chi connectivity index (χ1v) is 8.05. The van der Waals surface area contributed by atoms with Crippen LogP contribution in [0.3, 0.4) is 0 Å². The molecule has 0 amide bonds. The van der Waals surface area contributed by atoms with Gasteiger partial charge < -0.3 is 10.3 Å². The third-order valence-corrected chi connectivity index (χ3v) is 4.27. The monoisotopic (exact) mass is 335 g/mol. The summed E-state index contributed by atoms with van der Waals surface area (Å²) in [6.45, 7) is 2.03. The molecule has 3 heterocycles. The molecule has 0 spiro atoms. The van der Waals surface area contributed by atoms with Crippen molar-refractivity contribution in [2.24, 2.45) is 7.05 Å². The maximum Gasteiger partial charge on any atom is 0.261 e. The summed E-state index contributed by atoms with van der Waals surface area (Å²) in [5, 5.41) is 3.97. The number of rotatable bonds is 4. The number of anilines is 1. The Balaban J connectivity index is 1.81. The Morgan fingerprint density at radius 1 is 1.24 bits per heavy atom. The van der Waals surface area contributed by atoms with E-state index in [1.165, 1.54) is 6.33 Å². The lowest BCUT2D eigenvalue weighted by atomic mass is 10.1. The number of imidazole rings is 1. The first-order chi connectivity index (χ1) is 12.2. The van der Waals surface area contributed by atoms with Crippen LogP contribution in [-0.4, -0.2) is 29.5 Å². The van der Waals surface area contributed by atoms with Crippen molar-refractivity contribution in [1.29, 1.82) is 0 Å². The van der Waals surface area contributed by atoms with Crippen LogP contribution in [-0.2, 0) is 7.05 Å². The number of aromatic amines is 1. The summed E-state index contributed by atoms with van der Waals surface area (Å²) in [6.07, 6.45) is 3.78. The van der Waals surface area contributed by atoms with Gasteiger partial charge in [-0.2, -0.15) is 0 Å². The van der Waals surface area contributed by atoms with Crippen molar-refractivity contribution in [2.45, 2.75) is 19.4 Å². The quantitative estimate of drug-likeness (QED) is 0.592. The van der Waals surface area contributed by atoms with Gasteiger partial charge in [-0.05, 0) is 18.6 Å². The fourth-order valence-electron chi connectivity index (χ4n) is 2.94. The summed E-state index contributed by atoms with van der Waals surface area (Å²) in [4.78, 5) is 32.9. The Morgan fingerprint density at radius 3 is 2.92 bits per heavy atom. The van der Waals surface area contributed by atoms with E-state index >= 15 is 0 Å². The van der Waals surface area contributed by atoms with Crippen LogP contribution in [0.25, 0.3) is 22.1 Å². The molecule has 4 aromatic rings. The van der Waals surface area contributed by atoms with Crippen LogP contribution in [0.4, 0.5) is 5.82 Å². The molecule has 4 rings (SSSR count). The summed E-state index contributed by atoms with van der Waals surface area (Å²) in [6, 6.07) is 7.19. The second-order valence-corrected chi connectivity index (χ2v) is 5.78. The topological polar surface area (TPSA) is 101 Å². The fourth-order valence-corrected chi connectivity index (χ4v) is 2.94. The largest absolute Gasteiger partial charge is 0.358 e. The van der Waals surface area contributed by atoms with Crippen molar-refractivity contribution in [3.8, 4) is 0 Å². The van der Waals surface area contributed by atoms with E-state index in [0.29, 0.717) is 28.2 Å². The first-order valence-electron chi connectivity index (χ1n) is 8.05. The zero-order valence-corrected chi connectivity index (χ0v) is 13.9. The lowest BCUT2D eigenvalue weighted by Crippen LogP contribution is -2.27. The zero-order valence-electron chi connectivity index (χ0n) is 13.9. The molecule has 0 aliphatic heterocycles. The molecule has 126 valence electrons. The molecule has 8 heteroatoms. The second kappa shape index (κ2) is 5.97. The van der Waals surface area contributed by atoms with Crippen molar-refractivity contribution >= 4 is 27.9 Å². The number of nitrogens with zero attached hydrogens (tertiary/aromatic N) is 5. The summed E-state index contributed by atoms with van der Waals surface area (Å²) in [5.41, 5.74) is 1.95. The highest BCUT2D eigenvalue weighted by Crippen LogP contribution is 2.23. The normalized spacial score (nSPS) is 12.6. The number of para-hydroxylation sites is 1. The van der Waals surface area contributed by atoms with Gasteiger partial charge in [0.2, 0.25) is 0 Å². The van der Waals surface area contributed by atoms with Gasteiger partial charge in [0.15, 0.2) is 11.5 Å². The molecule has 1 unspecified atom stereocenters. The molecule has 1 aromatic carbocycles. The van der Waals surface area contributed by atoms with Gasteiger partial charge in [-0.25, -0.2) is 19.9 Å². The number of H-pyrrole nitrogens is 1. The van der Waals surface area contributed by atoms with Gasteiger partial charge in [0.1, 0.15) is 17.7 Å². The molecular formula is C17H17N7O. The van der Waals surface area contributed by atoms with Crippen LogP contribution in [0, 0.1) is 0 Å². The lowest BCUT2D eigenvalue weighted by molar-refractivity contribution is 0.629. The van der Waals surface area contributed by atoms with E-state index in [9.17, 15) is 4.79 Å². The summed E-state index contributed by atoms with van der Waals surface area (Å²) in [7, 11) is 1.74. The summed E-state index contributed by atoms with van der Waals surface area (Å²) >= 11 is 0. The van der Waals surface area contributed by atoms with E-state index in [4.69, 9.17) is 4.98 Å². The summed E-state index contributed by atoms with van der Waals surface area (Å²) < 4.78 is 1.59. The van der Waals surface area contributed by atoms with Crippen molar-refractivity contribution in [2.75, 3.05) is 5.32 Å². The SMILES string of the molecule is CCC(Nc1ncnc2nc[nH]c12)c1nc2ccccc2c(=O)n1C. The number of fused-ring (bicyclic) bond motifs is 2. The van der Waals surface area contributed by atoms with Crippen LogP contribution in [0.1, 0.15) is 25.2 Å². The van der Waals surface area contributed by atoms with Gasteiger partial charge in [-0.15, -0.1) is 0 Å². The van der Waals surface area contributed by atoms with E-state index in [-0.39, 0.29) is 11.6 Å². The van der Waals surface area contributed by atoms with Crippen molar-refractivity contribution in [3.05, 3.63) is 53.1 Å². The number of aromatic nitrogens is 6. The standard InChI is InChI=1S/C17H17N7O/c1-3-11(22-15-13-14(19-8-18-13)20-9-21-15)16-23-12-7-5-4-6-10(12)17(25)24(16)2/h4-9,11H,3H2,1-2H3,(H2,18,19,20,21,22). The first kappa shape index (κ1) is 15.3. The van der Waals surface area contributed by atoms with Crippen LogP contribution >= 0.6 is 0 Å². The fraction of sp³-hybridized carbons (Fsp3) is 0.235. The maximum absolute atomic E-state index is 12.6. The molecule has 0 aliphatic rings.